The van der Waals surface area contributed by atoms with E-state index in [0.717, 1.165) is 0 Å². The number of carbonyl (C=O) groups excluding carboxylic acids is 2. The van der Waals surface area contributed by atoms with Crippen LogP contribution in [0.2, 0.25) is 0 Å². The topological polar surface area (TPSA) is 61.4 Å². The van der Waals surface area contributed by atoms with Crippen molar-refractivity contribution >= 4 is 17.6 Å². The van der Waals surface area contributed by atoms with Crippen LogP contribution < -0.4 is 10.6 Å². The van der Waals surface area contributed by atoms with E-state index in [9.17, 15) is 14.0 Å². The summed E-state index contributed by atoms with van der Waals surface area (Å²) >= 11 is 0. The number of benzene rings is 1. The average Bonchev–Trinajstić information content (AvgIpc) is 2.49. The first-order valence-electron chi connectivity index (χ1n) is 7.58. The molecule has 5 nitrogen and oxygen atoms in total. The summed E-state index contributed by atoms with van der Waals surface area (Å²) in [5.74, 6) is -0.818. The van der Waals surface area contributed by atoms with Gasteiger partial charge in [0.05, 0.1) is 5.69 Å². The maximum Gasteiger partial charge on any atom is 0.317 e. The van der Waals surface area contributed by atoms with Crippen molar-refractivity contribution in [3.63, 3.8) is 0 Å². The molecule has 0 unspecified atom stereocenters. The van der Waals surface area contributed by atoms with Gasteiger partial charge in [0, 0.05) is 25.0 Å². The molecular weight excluding hydrogens is 285 g/mol. The lowest BCUT2D eigenvalue weighted by Crippen LogP contribution is -2.47. The number of halogens is 1. The van der Waals surface area contributed by atoms with Crippen LogP contribution in [0.25, 0.3) is 0 Å². The first-order valence-corrected chi connectivity index (χ1v) is 7.58. The predicted molar refractivity (Wildman–Crippen MR) is 83.0 cm³/mol. The molecule has 1 aromatic carbocycles. The van der Waals surface area contributed by atoms with Crippen LogP contribution in [0.5, 0.6) is 0 Å². The first kappa shape index (κ1) is 16.3. The van der Waals surface area contributed by atoms with Crippen molar-refractivity contribution in [2.75, 3.05) is 18.4 Å². The third-order valence-corrected chi connectivity index (χ3v) is 3.70. The molecule has 2 N–H and O–H groups in total. The standard InChI is InChI=1S/C16H22FN3O2/c1-11(2)18-16(22)20-9-7-12(8-10-20)15(21)19-14-6-4-3-5-13(14)17/h3-6,11-12H,7-10H2,1-2H3,(H,18,22)(H,19,21). The van der Waals surface area contributed by atoms with Crippen LogP contribution in [0.15, 0.2) is 24.3 Å². The smallest absolute Gasteiger partial charge is 0.317 e. The molecule has 1 aliphatic heterocycles. The van der Waals surface area contributed by atoms with Gasteiger partial charge in [0.2, 0.25) is 5.91 Å². The van der Waals surface area contributed by atoms with Gasteiger partial charge in [-0.05, 0) is 38.8 Å². The predicted octanol–water partition coefficient (Wildman–Crippen LogP) is 2.59. The van der Waals surface area contributed by atoms with Gasteiger partial charge in [0.25, 0.3) is 0 Å². The molecule has 3 amide bonds. The van der Waals surface area contributed by atoms with Crippen molar-refractivity contribution in [1.29, 1.82) is 0 Å². The number of hydrogen-bond donors (Lipinski definition) is 2. The van der Waals surface area contributed by atoms with E-state index >= 15 is 0 Å². The number of likely N-dealkylation sites (tertiary alicyclic amines) is 1. The third kappa shape index (κ3) is 4.19. The monoisotopic (exact) mass is 307 g/mol. The normalized spacial score (nSPS) is 15.7. The molecule has 0 spiro atoms. The number of para-hydroxylation sites is 1. The van der Waals surface area contributed by atoms with E-state index < -0.39 is 5.82 Å². The Labute approximate surface area is 129 Å². The zero-order valence-electron chi connectivity index (χ0n) is 12.9. The summed E-state index contributed by atoms with van der Waals surface area (Å²) in [5, 5.41) is 5.46. The summed E-state index contributed by atoms with van der Waals surface area (Å²) < 4.78 is 13.5. The Kier molecular flexibility index (Phi) is 5.35. The quantitative estimate of drug-likeness (QED) is 0.901. The lowest BCUT2D eigenvalue weighted by atomic mass is 9.96. The Bertz CT molecular complexity index is 540. The van der Waals surface area contributed by atoms with Gasteiger partial charge in [-0.1, -0.05) is 12.1 Å². The molecule has 0 radical (unpaired) electrons. The molecule has 0 saturated carbocycles. The van der Waals surface area contributed by atoms with Crippen LogP contribution >= 0.6 is 0 Å². The summed E-state index contributed by atoms with van der Waals surface area (Å²) in [6.45, 7) is 4.89. The van der Waals surface area contributed by atoms with Gasteiger partial charge in [-0.3, -0.25) is 4.79 Å². The highest BCUT2D eigenvalue weighted by molar-refractivity contribution is 5.92. The van der Waals surface area contributed by atoms with Crippen LogP contribution in [0.4, 0.5) is 14.9 Å². The molecule has 0 aromatic heterocycles. The lowest BCUT2D eigenvalue weighted by molar-refractivity contribution is -0.121. The molecule has 1 aromatic rings. The van der Waals surface area contributed by atoms with Crippen molar-refractivity contribution in [2.24, 2.45) is 5.92 Å². The molecule has 0 bridgehead atoms. The molecule has 1 aliphatic rings. The minimum absolute atomic E-state index is 0.0922. The number of hydrogen-bond acceptors (Lipinski definition) is 2. The Hall–Kier alpha value is -2.11. The largest absolute Gasteiger partial charge is 0.336 e. The maximum atomic E-state index is 13.5. The van der Waals surface area contributed by atoms with Crippen molar-refractivity contribution in [3.8, 4) is 0 Å². The summed E-state index contributed by atoms with van der Waals surface area (Å²) in [5.41, 5.74) is 0.201. The summed E-state index contributed by atoms with van der Waals surface area (Å²) in [7, 11) is 0. The lowest BCUT2D eigenvalue weighted by Gasteiger charge is -2.32. The molecule has 6 heteroatoms. The minimum atomic E-state index is -0.440. The summed E-state index contributed by atoms with van der Waals surface area (Å²) in [6.07, 6.45) is 1.18. The zero-order valence-corrected chi connectivity index (χ0v) is 12.9. The average molecular weight is 307 g/mol. The second-order valence-electron chi connectivity index (χ2n) is 5.83. The highest BCUT2D eigenvalue weighted by Gasteiger charge is 2.27. The van der Waals surface area contributed by atoms with Crippen LogP contribution in [0.3, 0.4) is 0 Å². The van der Waals surface area contributed by atoms with E-state index in [1.807, 2.05) is 13.8 Å². The van der Waals surface area contributed by atoms with E-state index in [2.05, 4.69) is 10.6 Å². The number of piperidine rings is 1. The van der Waals surface area contributed by atoms with E-state index in [-0.39, 0.29) is 29.6 Å². The van der Waals surface area contributed by atoms with Gasteiger partial charge in [-0.15, -0.1) is 0 Å². The first-order chi connectivity index (χ1) is 10.5. The van der Waals surface area contributed by atoms with Crippen molar-refractivity contribution in [2.45, 2.75) is 32.7 Å². The van der Waals surface area contributed by atoms with Crippen LogP contribution in [0.1, 0.15) is 26.7 Å². The Balaban J connectivity index is 1.85. The van der Waals surface area contributed by atoms with E-state index in [1.54, 1.807) is 23.1 Å². The van der Waals surface area contributed by atoms with Gasteiger partial charge >= 0.3 is 6.03 Å². The molecule has 120 valence electrons. The SMILES string of the molecule is CC(C)NC(=O)N1CCC(C(=O)Nc2ccccc2F)CC1. The summed E-state index contributed by atoms with van der Waals surface area (Å²) in [6, 6.07) is 6.11. The zero-order chi connectivity index (χ0) is 16.1. The highest BCUT2D eigenvalue weighted by Crippen LogP contribution is 2.20. The second-order valence-corrected chi connectivity index (χ2v) is 5.83. The van der Waals surface area contributed by atoms with Crippen LogP contribution in [0, 0.1) is 11.7 Å². The van der Waals surface area contributed by atoms with Crippen molar-refractivity contribution in [3.05, 3.63) is 30.1 Å². The third-order valence-electron chi connectivity index (χ3n) is 3.70. The summed E-state index contributed by atoms with van der Waals surface area (Å²) in [4.78, 5) is 25.8. The van der Waals surface area contributed by atoms with Gasteiger partial charge in [-0.25, -0.2) is 9.18 Å². The number of anilines is 1. The maximum absolute atomic E-state index is 13.5. The van der Waals surface area contributed by atoms with E-state index in [4.69, 9.17) is 0 Å². The Morgan fingerprint density at radius 1 is 1.23 bits per heavy atom. The van der Waals surface area contributed by atoms with Gasteiger partial charge in [0.15, 0.2) is 0 Å². The fraction of sp³-hybridized carbons (Fsp3) is 0.500. The van der Waals surface area contributed by atoms with Gasteiger partial charge in [0.1, 0.15) is 5.82 Å². The number of nitrogens with one attached hydrogen (secondary N) is 2. The molecule has 22 heavy (non-hydrogen) atoms. The number of rotatable bonds is 3. The van der Waals surface area contributed by atoms with E-state index in [0.29, 0.717) is 25.9 Å². The van der Waals surface area contributed by atoms with Crippen molar-refractivity contribution in [1.82, 2.24) is 10.2 Å². The fourth-order valence-corrected chi connectivity index (χ4v) is 2.48. The van der Waals surface area contributed by atoms with Gasteiger partial charge in [-0.2, -0.15) is 0 Å². The Morgan fingerprint density at radius 3 is 2.45 bits per heavy atom. The molecule has 0 atom stereocenters. The van der Waals surface area contributed by atoms with Gasteiger partial charge < -0.3 is 15.5 Å². The minimum Gasteiger partial charge on any atom is -0.336 e. The fourth-order valence-electron chi connectivity index (χ4n) is 2.48. The van der Waals surface area contributed by atoms with E-state index in [1.165, 1.54) is 6.07 Å². The highest BCUT2D eigenvalue weighted by atomic mass is 19.1. The molecule has 0 aliphatic carbocycles. The number of amides is 3. The number of urea groups is 1. The molecular formula is C16H22FN3O2. The molecule has 1 heterocycles. The van der Waals surface area contributed by atoms with Crippen LogP contribution in [-0.4, -0.2) is 36.0 Å². The Morgan fingerprint density at radius 2 is 1.86 bits per heavy atom. The molecule has 1 fully saturated rings. The molecule has 1 saturated heterocycles. The number of nitrogens with zero attached hydrogens (tertiary/aromatic N) is 1. The molecule has 2 rings (SSSR count). The van der Waals surface area contributed by atoms with Crippen molar-refractivity contribution < 1.29 is 14.0 Å². The van der Waals surface area contributed by atoms with Crippen LogP contribution in [-0.2, 0) is 4.79 Å². The number of carbonyl (C=O) groups is 2. The second kappa shape index (κ2) is 7.24.